The SMILES string of the molecule is CCC(c1ccc2c(c1)O[C@@H](C)C2)N1CCN(c2ncc3c(n2)CCNC3=O)CC1. The number of hydrogen-bond donors (Lipinski definition) is 1. The summed E-state index contributed by atoms with van der Waals surface area (Å²) in [7, 11) is 0. The summed E-state index contributed by atoms with van der Waals surface area (Å²) in [5, 5.41) is 2.85. The van der Waals surface area contributed by atoms with Crippen LogP contribution in [-0.4, -0.2) is 59.6 Å². The summed E-state index contributed by atoms with van der Waals surface area (Å²) in [4.78, 5) is 25.9. The average molecular weight is 408 g/mol. The van der Waals surface area contributed by atoms with Crippen molar-refractivity contribution in [3.8, 4) is 5.75 Å². The molecule has 1 amide bonds. The number of benzene rings is 1. The lowest BCUT2D eigenvalue weighted by atomic mass is 9.99. The second-order valence-electron chi connectivity index (χ2n) is 8.48. The molecular weight excluding hydrogens is 378 g/mol. The molecule has 0 bridgehead atoms. The smallest absolute Gasteiger partial charge is 0.254 e. The normalized spacial score (nSPS) is 22.1. The van der Waals surface area contributed by atoms with Crippen molar-refractivity contribution in [1.82, 2.24) is 20.2 Å². The minimum atomic E-state index is -0.0638. The summed E-state index contributed by atoms with van der Waals surface area (Å²) in [6.07, 6.45) is 4.81. The number of amides is 1. The minimum Gasteiger partial charge on any atom is -0.490 e. The zero-order chi connectivity index (χ0) is 20.7. The maximum Gasteiger partial charge on any atom is 0.254 e. The molecule has 2 atom stereocenters. The second kappa shape index (κ2) is 7.87. The van der Waals surface area contributed by atoms with Crippen LogP contribution in [-0.2, 0) is 12.8 Å². The van der Waals surface area contributed by atoms with Crippen molar-refractivity contribution >= 4 is 11.9 Å². The van der Waals surface area contributed by atoms with Crippen LogP contribution in [0.3, 0.4) is 0 Å². The molecule has 4 heterocycles. The van der Waals surface area contributed by atoms with Gasteiger partial charge in [-0.15, -0.1) is 0 Å². The zero-order valence-electron chi connectivity index (χ0n) is 17.7. The van der Waals surface area contributed by atoms with Crippen LogP contribution < -0.4 is 15.0 Å². The van der Waals surface area contributed by atoms with Crippen molar-refractivity contribution in [2.24, 2.45) is 0 Å². The summed E-state index contributed by atoms with van der Waals surface area (Å²) in [6.45, 7) is 8.75. The Bertz CT molecular complexity index is 955. The van der Waals surface area contributed by atoms with Crippen molar-refractivity contribution in [3.05, 3.63) is 46.8 Å². The minimum absolute atomic E-state index is 0.0638. The Labute approximate surface area is 177 Å². The number of nitrogens with zero attached hydrogens (tertiary/aromatic N) is 4. The number of carbonyl (C=O) groups excluding carboxylic acids is 1. The molecule has 30 heavy (non-hydrogen) atoms. The van der Waals surface area contributed by atoms with Gasteiger partial charge in [-0.1, -0.05) is 19.1 Å². The van der Waals surface area contributed by atoms with Crippen molar-refractivity contribution in [2.45, 2.75) is 45.3 Å². The van der Waals surface area contributed by atoms with E-state index in [1.165, 1.54) is 11.1 Å². The Balaban J connectivity index is 1.27. The first kappa shape index (κ1) is 19.3. The number of piperazine rings is 1. The van der Waals surface area contributed by atoms with E-state index in [0.29, 0.717) is 18.2 Å². The van der Waals surface area contributed by atoms with Crippen LogP contribution in [0.5, 0.6) is 5.75 Å². The molecule has 1 saturated heterocycles. The summed E-state index contributed by atoms with van der Waals surface area (Å²) >= 11 is 0. The Morgan fingerprint density at radius 3 is 2.90 bits per heavy atom. The molecule has 0 saturated carbocycles. The number of anilines is 1. The van der Waals surface area contributed by atoms with E-state index in [4.69, 9.17) is 9.72 Å². The maximum atomic E-state index is 11.9. The first-order valence-corrected chi connectivity index (χ1v) is 11.0. The Kier molecular flexibility index (Phi) is 5.06. The van der Waals surface area contributed by atoms with Gasteiger partial charge in [0.25, 0.3) is 5.91 Å². The van der Waals surface area contributed by atoms with Crippen molar-refractivity contribution < 1.29 is 9.53 Å². The number of carbonyl (C=O) groups is 1. The topological polar surface area (TPSA) is 70.6 Å². The van der Waals surface area contributed by atoms with Crippen LogP contribution in [0.15, 0.2) is 24.4 Å². The first-order valence-electron chi connectivity index (χ1n) is 11.0. The lowest BCUT2D eigenvalue weighted by Gasteiger charge is -2.39. The van der Waals surface area contributed by atoms with Gasteiger partial charge < -0.3 is 15.0 Å². The molecule has 5 rings (SSSR count). The standard InChI is InChI=1S/C23H29N5O2/c1-3-20(16-4-5-17-12-15(2)30-21(17)13-16)27-8-10-28(11-9-27)23-25-14-18-19(26-23)6-7-24-22(18)29/h4-5,13-15,20H,3,6-12H2,1-2H3,(H,24,29)/t15-,20?/m0/s1. The number of hydrogen-bond acceptors (Lipinski definition) is 6. The maximum absolute atomic E-state index is 11.9. The molecule has 1 N–H and O–H groups in total. The quantitative estimate of drug-likeness (QED) is 0.839. The molecule has 2 aromatic rings. The molecule has 1 fully saturated rings. The van der Waals surface area contributed by atoms with Crippen molar-refractivity contribution in [3.63, 3.8) is 0 Å². The van der Waals surface area contributed by atoms with E-state index >= 15 is 0 Å². The van der Waals surface area contributed by atoms with E-state index in [1.807, 2.05) is 0 Å². The Morgan fingerprint density at radius 1 is 1.27 bits per heavy atom. The fraction of sp³-hybridized carbons (Fsp3) is 0.522. The van der Waals surface area contributed by atoms with Gasteiger partial charge in [0.1, 0.15) is 11.9 Å². The zero-order valence-corrected chi connectivity index (χ0v) is 17.7. The molecule has 3 aliphatic heterocycles. The molecule has 1 aromatic heterocycles. The molecule has 7 heteroatoms. The largest absolute Gasteiger partial charge is 0.490 e. The van der Waals surface area contributed by atoms with Gasteiger partial charge in [0.05, 0.1) is 11.3 Å². The number of nitrogens with one attached hydrogen (secondary N) is 1. The highest BCUT2D eigenvalue weighted by Crippen LogP contribution is 2.34. The molecule has 1 aromatic carbocycles. The van der Waals surface area contributed by atoms with Crippen LogP contribution in [0.25, 0.3) is 0 Å². The monoisotopic (exact) mass is 407 g/mol. The highest BCUT2D eigenvalue weighted by Gasteiger charge is 2.28. The first-order chi connectivity index (χ1) is 14.6. The number of aromatic nitrogens is 2. The number of fused-ring (bicyclic) bond motifs is 2. The number of ether oxygens (including phenoxy) is 1. The highest BCUT2D eigenvalue weighted by atomic mass is 16.5. The van der Waals surface area contributed by atoms with Gasteiger partial charge in [-0.3, -0.25) is 9.69 Å². The lowest BCUT2D eigenvalue weighted by Crippen LogP contribution is -2.48. The van der Waals surface area contributed by atoms with Gasteiger partial charge in [-0.2, -0.15) is 0 Å². The second-order valence-corrected chi connectivity index (χ2v) is 8.48. The van der Waals surface area contributed by atoms with Crippen molar-refractivity contribution in [1.29, 1.82) is 0 Å². The summed E-state index contributed by atoms with van der Waals surface area (Å²) in [5.74, 6) is 1.74. The average Bonchev–Trinajstić information content (AvgIpc) is 3.14. The Morgan fingerprint density at radius 2 is 2.10 bits per heavy atom. The van der Waals surface area contributed by atoms with E-state index in [0.717, 1.165) is 62.8 Å². The van der Waals surface area contributed by atoms with Crippen LogP contribution in [0, 0.1) is 0 Å². The molecule has 0 spiro atoms. The number of rotatable bonds is 4. The van der Waals surface area contributed by atoms with E-state index < -0.39 is 0 Å². The third kappa shape index (κ3) is 3.51. The fourth-order valence-corrected chi connectivity index (χ4v) is 4.89. The van der Waals surface area contributed by atoms with Gasteiger partial charge in [-0.25, -0.2) is 9.97 Å². The third-order valence-electron chi connectivity index (χ3n) is 6.48. The fourth-order valence-electron chi connectivity index (χ4n) is 4.89. The van der Waals surface area contributed by atoms with E-state index in [2.05, 4.69) is 52.1 Å². The van der Waals surface area contributed by atoms with Crippen LogP contribution in [0.2, 0.25) is 0 Å². The lowest BCUT2D eigenvalue weighted by molar-refractivity contribution is 0.0944. The van der Waals surface area contributed by atoms with E-state index in [1.54, 1.807) is 6.20 Å². The van der Waals surface area contributed by atoms with E-state index in [9.17, 15) is 4.79 Å². The predicted molar refractivity (Wildman–Crippen MR) is 115 cm³/mol. The van der Waals surface area contributed by atoms with Gasteiger partial charge in [0, 0.05) is 57.8 Å². The summed E-state index contributed by atoms with van der Waals surface area (Å²) in [5.41, 5.74) is 4.15. The predicted octanol–water partition coefficient (Wildman–Crippen LogP) is 2.36. The van der Waals surface area contributed by atoms with Gasteiger partial charge in [0.2, 0.25) is 5.95 Å². The van der Waals surface area contributed by atoms with Gasteiger partial charge in [0.15, 0.2) is 0 Å². The molecule has 3 aliphatic rings. The van der Waals surface area contributed by atoms with Gasteiger partial charge >= 0.3 is 0 Å². The molecule has 7 nitrogen and oxygen atoms in total. The van der Waals surface area contributed by atoms with Crippen LogP contribution >= 0.6 is 0 Å². The molecule has 0 aliphatic carbocycles. The molecule has 1 unspecified atom stereocenters. The third-order valence-corrected chi connectivity index (χ3v) is 6.48. The van der Waals surface area contributed by atoms with E-state index in [-0.39, 0.29) is 12.0 Å². The molecule has 158 valence electrons. The highest BCUT2D eigenvalue weighted by molar-refractivity contribution is 5.96. The van der Waals surface area contributed by atoms with Crippen molar-refractivity contribution in [2.75, 3.05) is 37.6 Å². The molecule has 0 radical (unpaired) electrons. The summed E-state index contributed by atoms with van der Waals surface area (Å²) < 4.78 is 5.99. The van der Waals surface area contributed by atoms with Gasteiger partial charge in [-0.05, 0) is 30.5 Å². The van der Waals surface area contributed by atoms with Crippen LogP contribution in [0.4, 0.5) is 5.95 Å². The van der Waals surface area contributed by atoms with Crippen LogP contribution in [0.1, 0.15) is 53.5 Å². The Hall–Kier alpha value is -2.67. The molecular formula is C23H29N5O2. The summed E-state index contributed by atoms with van der Waals surface area (Å²) in [6, 6.07) is 7.16.